The molecule has 1 saturated heterocycles. The van der Waals surface area contributed by atoms with Crippen molar-refractivity contribution in [2.24, 2.45) is 7.05 Å². The SMILES string of the molecule is CC(C)=CCN1CCC(NC(=O)NCC(C)(O)c2cnn(C)c2)CC1. The van der Waals surface area contributed by atoms with Gasteiger partial charge in [0, 0.05) is 44.5 Å². The van der Waals surface area contributed by atoms with Gasteiger partial charge in [-0.05, 0) is 33.6 Å². The molecule has 25 heavy (non-hydrogen) atoms. The molecular formula is C18H31N5O2. The number of hydrogen-bond acceptors (Lipinski definition) is 4. The van der Waals surface area contributed by atoms with E-state index in [4.69, 9.17) is 0 Å². The molecule has 7 heteroatoms. The van der Waals surface area contributed by atoms with Gasteiger partial charge in [-0.3, -0.25) is 9.58 Å². The first-order valence-corrected chi connectivity index (χ1v) is 8.88. The Morgan fingerprint density at radius 2 is 2.12 bits per heavy atom. The monoisotopic (exact) mass is 349 g/mol. The second-order valence-corrected chi connectivity index (χ2v) is 7.36. The number of piperidine rings is 1. The molecule has 0 radical (unpaired) electrons. The molecule has 3 N–H and O–H groups in total. The van der Waals surface area contributed by atoms with Crippen LogP contribution in [0.4, 0.5) is 4.79 Å². The molecule has 2 rings (SSSR count). The van der Waals surface area contributed by atoms with Crippen molar-refractivity contribution in [2.45, 2.75) is 45.3 Å². The summed E-state index contributed by atoms with van der Waals surface area (Å²) in [5.41, 5.74) is 0.877. The lowest BCUT2D eigenvalue weighted by molar-refractivity contribution is 0.0590. The fourth-order valence-corrected chi connectivity index (χ4v) is 2.86. The summed E-state index contributed by atoms with van der Waals surface area (Å²) in [5.74, 6) is 0. The van der Waals surface area contributed by atoms with E-state index >= 15 is 0 Å². The van der Waals surface area contributed by atoms with Crippen molar-refractivity contribution in [1.29, 1.82) is 0 Å². The average Bonchev–Trinajstić information content (AvgIpc) is 3.00. The van der Waals surface area contributed by atoms with Crippen molar-refractivity contribution >= 4 is 6.03 Å². The van der Waals surface area contributed by atoms with Crippen molar-refractivity contribution in [3.63, 3.8) is 0 Å². The van der Waals surface area contributed by atoms with E-state index in [-0.39, 0.29) is 18.6 Å². The van der Waals surface area contributed by atoms with Crippen molar-refractivity contribution in [2.75, 3.05) is 26.2 Å². The van der Waals surface area contributed by atoms with E-state index in [0.29, 0.717) is 5.56 Å². The highest BCUT2D eigenvalue weighted by atomic mass is 16.3. The second-order valence-electron chi connectivity index (χ2n) is 7.36. The van der Waals surface area contributed by atoms with Crippen LogP contribution in [-0.2, 0) is 12.6 Å². The van der Waals surface area contributed by atoms with Gasteiger partial charge in [-0.15, -0.1) is 0 Å². The topological polar surface area (TPSA) is 82.4 Å². The highest BCUT2D eigenvalue weighted by Gasteiger charge is 2.26. The van der Waals surface area contributed by atoms with E-state index in [1.54, 1.807) is 31.0 Å². The number of amides is 2. The summed E-state index contributed by atoms with van der Waals surface area (Å²) in [7, 11) is 1.80. The number of nitrogens with zero attached hydrogens (tertiary/aromatic N) is 3. The first-order chi connectivity index (χ1) is 11.8. The molecule has 0 bridgehead atoms. The van der Waals surface area contributed by atoms with Crippen LogP contribution in [0.15, 0.2) is 24.0 Å². The summed E-state index contributed by atoms with van der Waals surface area (Å²) in [6.45, 7) is 8.99. The molecule has 0 spiro atoms. The molecule has 7 nitrogen and oxygen atoms in total. The minimum atomic E-state index is -1.14. The fraction of sp³-hybridized carbons (Fsp3) is 0.667. The zero-order chi connectivity index (χ0) is 18.4. The van der Waals surface area contributed by atoms with Gasteiger partial charge in [-0.2, -0.15) is 5.10 Å². The molecule has 1 aromatic heterocycles. The number of likely N-dealkylation sites (tertiary alicyclic amines) is 1. The fourth-order valence-electron chi connectivity index (χ4n) is 2.86. The van der Waals surface area contributed by atoms with Gasteiger partial charge in [0.2, 0.25) is 0 Å². The molecule has 1 unspecified atom stereocenters. The molecule has 1 aliphatic heterocycles. The van der Waals surface area contributed by atoms with Gasteiger partial charge in [0.25, 0.3) is 0 Å². The predicted molar refractivity (Wildman–Crippen MR) is 98.2 cm³/mol. The Morgan fingerprint density at radius 3 is 2.68 bits per heavy atom. The first kappa shape index (κ1) is 19.5. The Kier molecular flexibility index (Phi) is 6.61. The summed E-state index contributed by atoms with van der Waals surface area (Å²) >= 11 is 0. The highest BCUT2D eigenvalue weighted by Crippen LogP contribution is 2.18. The molecule has 140 valence electrons. The molecule has 1 aromatic rings. The lowest BCUT2D eigenvalue weighted by Crippen LogP contribution is -2.50. The second kappa shape index (κ2) is 8.49. The number of allylic oxidation sites excluding steroid dienone is 1. The smallest absolute Gasteiger partial charge is 0.315 e. The highest BCUT2D eigenvalue weighted by molar-refractivity contribution is 5.74. The van der Waals surface area contributed by atoms with Crippen LogP contribution in [0.25, 0.3) is 0 Å². The zero-order valence-electron chi connectivity index (χ0n) is 15.7. The maximum atomic E-state index is 12.1. The number of aliphatic hydroxyl groups is 1. The van der Waals surface area contributed by atoms with Gasteiger partial charge < -0.3 is 15.7 Å². The number of carbonyl (C=O) groups excluding carboxylic acids is 1. The first-order valence-electron chi connectivity index (χ1n) is 8.88. The molecule has 1 atom stereocenters. The van der Waals surface area contributed by atoms with E-state index < -0.39 is 5.60 Å². The summed E-state index contributed by atoms with van der Waals surface area (Å²) < 4.78 is 1.63. The Bertz CT molecular complexity index is 596. The van der Waals surface area contributed by atoms with Gasteiger partial charge in [0.15, 0.2) is 0 Å². The number of aromatic nitrogens is 2. The summed E-state index contributed by atoms with van der Waals surface area (Å²) in [4.78, 5) is 14.5. The normalized spacial score (nSPS) is 18.4. The average molecular weight is 349 g/mol. The van der Waals surface area contributed by atoms with Crippen molar-refractivity contribution in [3.05, 3.63) is 29.6 Å². The molecule has 0 saturated carbocycles. The van der Waals surface area contributed by atoms with Crippen LogP contribution in [0.1, 0.15) is 39.2 Å². The van der Waals surface area contributed by atoms with Crippen LogP contribution in [0.3, 0.4) is 0 Å². The van der Waals surface area contributed by atoms with Crippen LogP contribution in [0.5, 0.6) is 0 Å². The van der Waals surface area contributed by atoms with E-state index in [9.17, 15) is 9.90 Å². The van der Waals surface area contributed by atoms with Crippen LogP contribution in [0, 0.1) is 0 Å². The van der Waals surface area contributed by atoms with E-state index in [0.717, 1.165) is 32.5 Å². The Balaban J connectivity index is 1.71. The van der Waals surface area contributed by atoms with Crippen LogP contribution < -0.4 is 10.6 Å². The van der Waals surface area contributed by atoms with E-state index in [2.05, 4.69) is 40.6 Å². The molecule has 0 aliphatic carbocycles. The van der Waals surface area contributed by atoms with Gasteiger partial charge in [0.05, 0.1) is 12.7 Å². The lowest BCUT2D eigenvalue weighted by atomic mass is 10.00. The summed E-state index contributed by atoms with van der Waals surface area (Å²) in [5, 5.41) is 20.3. The minimum absolute atomic E-state index is 0.143. The molecule has 1 aliphatic rings. The Hall–Kier alpha value is -1.86. The third kappa shape index (κ3) is 6.17. The molecule has 0 aromatic carbocycles. The summed E-state index contributed by atoms with van der Waals surface area (Å²) in [6.07, 6.45) is 7.50. The zero-order valence-corrected chi connectivity index (χ0v) is 15.7. The maximum Gasteiger partial charge on any atom is 0.315 e. The lowest BCUT2D eigenvalue weighted by Gasteiger charge is -2.32. The molecule has 2 amide bonds. The van der Waals surface area contributed by atoms with Gasteiger partial charge in [-0.25, -0.2) is 4.79 Å². The van der Waals surface area contributed by atoms with Gasteiger partial charge in [-0.1, -0.05) is 11.6 Å². The molecule has 1 fully saturated rings. The maximum absolute atomic E-state index is 12.1. The number of hydrogen-bond donors (Lipinski definition) is 3. The Morgan fingerprint density at radius 1 is 1.44 bits per heavy atom. The van der Waals surface area contributed by atoms with Gasteiger partial charge >= 0.3 is 6.03 Å². The van der Waals surface area contributed by atoms with Gasteiger partial charge in [0.1, 0.15) is 5.60 Å². The third-order valence-electron chi connectivity index (χ3n) is 4.60. The largest absolute Gasteiger partial charge is 0.383 e. The third-order valence-corrected chi connectivity index (χ3v) is 4.60. The minimum Gasteiger partial charge on any atom is -0.383 e. The van der Waals surface area contributed by atoms with Crippen molar-refractivity contribution in [1.82, 2.24) is 25.3 Å². The number of urea groups is 1. The Labute approximate surface area is 150 Å². The summed E-state index contributed by atoms with van der Waals surface area (Å²) in [6, 6.07) is -0.0433. The standard InChI is InChI=1S/C18H31N5O2/c1-14(2)5-8-23-9-6-16(7-10-23)21-17(24)19-13-18(3,25)15-11-20-22(4)12-15/h5,11-12,16,25H,6-10,13H2,1-4H3,(H2,19,21,24). The number of rotatable bonds is 6. The van der Waals surface area contributed by atoms with Crippen molar-refractivity contribution < 1.29 is 9.90 Å². The van der Waals surface area contributed by atoms with E-state index in [1.807, 2.05) is 0 Å². The van der Waals surface area contributed by atoms with Crippen molar-refractivity contribution in [3.8, 4) is 0 Å². The molecule has 2 heterocycles. The van der Waals surface area contributed by atoms with Crippen LogP contribution in [-0.4, -0.2) is 58.0 Å². The number of carbonyl (C=O) groups is 1. The quantitative estimate of drug-likeness (QED) is 0.677. The molecular weight excluding hydrogens is 318 g/mol. The predicted octanol–water partition coefficient (Wildman–Crippen LogP) is 1.36. The van der Waals surface area contributed by atoms with E-state index in [1.165, 1.54) is 5.57 Å². The number of aryl methyl sites for hydroxylation is 1. The number of nitrogens with one attached hydrogen (secondary N) is 2. The van der Waals surface area contributed by atoms with Crippen LogP contribution in [0.2, 0.25) is 0 Å². The van der Waals surface area contributed by atoms with Crippen LogP contribution >= 0.6 is 0 Å².